The van der Waals surface area contributed by atoms with Crippen LogP contribution >= 0.6 is 0 Å². The van der Waals surface area contributed by atoms with E-state index >= 15 is 0 Å². The van der Waals surface area contributed by atoms with E-state index in [0.29, 0.717) is 13.0 Å². The van der Waals surface area contributed by atoms with Crippen molar-refractivity contribution in [3.63, 3.8) is 0 Å². The van der Waals surface area contributed by atoms with E-state index in [2.05, 4.69) is 11.9 Å². The monoisotopic (exact) mass is 260 g/mol. The van der Waals surface area contributed by atoms with E-state index in [1.54, 1.807) is 6.20 Å². The lowest BCUT2D eigenvalue weighted by Gasteiger charge is -2.12. The summed E-state index contributed by atoms with van der Waals surface area (Å²) in [6.07, 6.45) is 6.06. The van der Waals surface area contributed by atoms with Crippen molar-refractivity contribution < 1.29 is 9.53 Å². The summed E-state index contributed by atoms with van der Waals surface area (Å²) in [5, 5.41) is 1.09. The minimum Gasteiger partial charge on any atom is -0.463 e. The van der Waals surface area contributed by atoms with Crippen LogP contribution in [0.1, 0.15) is 33.1 Å². The molecule has 2 aromatic rings. The van der Waals surface area contributed by atoms with Crippen molar-refractivity contribution in [3.05, 3.63) is 30.6 Å². The van der Waals surface area contributed by atoms with Crippen molar-refractivity contribution in [2.75, 3.05) is 0 Å². The third kappa shape index (κ3) is 3.56. The largest absolute Gasteiger partial charge is 0.463 e. The van der Waals surface area contributed by atoms with E-state index in [0.717, 1.165) is 23.9 Å². The van der Waals surface area contributed by atoms with Gasteiger partial charge in [0.2, 0.25) is 0 Å². The Kier molecular flexibility index (Phi) is 4.55. The van der Waals surface area contributed by atoms with Crippen LogP contribution in [0.4, 0.5) is 0 Å². The first-order valence-electron chi connectivity index (χ1n) is 6.80. The number of rotatable bonds is 6. The highest BCUT2D eigenvalue weighted by Crippen LogP contribution is 2.13. The van der Waals surface area contributed by atoms with Gasteiger partial charge < -0.3 is 9.30 Å². The van der Waals surface area contributed by atoms with Gasteiger partial charge in [0.05, 0.1) is 12.5 Å². The summed E-state index contributed by atoms with van der Waals surface area (Å²) in [5.74, 6) is -0.140. The number of hydrogen-bond acceptors (Lipinski definition) is 3. The number of aromatic nitrogens is 2. The Morgan fingerprint density at radius 2 is 2.32 bits per heavy atom. The number of esters is 1. The molecule has 1 unspecified atom stereocenters. The summed E-state index contributed by atoms with van der Waals surface area (Å²) in [6.45, 7) is 4.63. The maximum absolute atomic E-state index is 11.7. The molecular weight excluding hydrogens is 240 g/mol. The van der Waals surface area contributed by atoms with E-state index in [-0.39, 0.29) is 12.1 Å². The maximum Gasteiger partial charge on any atom is 0.307 e. The highest BCUT2D eigenvalue weighted by molar-refractivity contribution is 5.76. The molecule has 0 aliphatic carbocycles. The molecule has 4 heteroatoms. The highest BCUT2D eigenvalue weighted by Gasteiger charge is 2.09. The van der Waals surface area contributed by atoms with E-state index < -0.39 is 0 Å². The third-order valence-corrected chi connectivity index (χ3v) is 3.11. The average molecular weight is 260 g/mol. The molecule has 0 fully saturated rings. The number of carbonyl (C=O) groups excluding carboxylic acids is 1. The molecule has 4 nitrogen and oxygen atoms in total. The van der Waals surface area contributed by atoms with Crippen LogP contribution in [0.15, 0.2) is 30.6 Å². The molecule has 0 bridgehead atoms. The molecule has 102 valence electrons. The van der Waals surface area contributed by atoms with Crippen LogP contribution in [0.5, 0.6) is 0 Å². The summed E-state index contributed by atoms with van der Waals surface area (Å²) in [6, 6.07) is 5.93. The van der Waals surface area contributed by atoms with Gasteiger partial charge in [0.25, 0.3) is 0 Å². The van der Waals surface area contributed by atoms with Gasteiger partial charge in [-0.25, -0.2) is 4.98 Å². The second kappa shape index (κ2) is 6.36. The summed E-state index contributed by atoms with van der Waals surface area (Å²) in [5.41, 5.74) is 0.914. The second-order valence-corrected chi connectivity index (χ2v) is 4.76. The summed E-state index contributed by atoms with van der Waals surface area (Å²) in [7, 11) is 0. The van der Waals surface area contributed by atoms with E-state index in [4.69, 9.17) is 4.74 Å². The lowest BCUT2D eigenvalue weighted by Crippen LogP contribution is -2.16. The molecule has 0 saturated carbocycles. The fraction of sp³-hybridized carbons (Fsp3) is 0.467. The van der Waals surface area contributed by atoms with Crippen LogP contribution in [0, 0.1) is 0 Å². The van der Waals surface area contributed by atoms with Crippen molar-refractivity contribution >= 4 is 17.0 Å². The summed E-state index contributed by atoms with van der Waals surface area (Å²) in [4.78, 5) is 16.0. The van der Waals surface area contributed by atoms with Gasteiger partial charge >= 0.3 is 5.97 Å². The molecule has 0 spiro atoms. The van der Waals surface area contributed by atoms with Crippen LogP contribution in [-0.2, 0) is 16.1 Å². The predicted molar refractivity (Wildman–Crippen MR) is 74.8 cm³/mol. The van der Waals surface area contributed by atoms with E-state index in [9.17, 15) is 4.79 Å². The minimum atomic E-state index is -0.140. The van der Waals surface area contributed by atoms with Gasteiger partial charge in [0, 0.05) is 24.3 Å². The van der Waals surface area contributed by atoms with Crippen LogP contribution < -0.4 is 0 Å². The van der Waals surface area contributed by atoms with Crippen molar-refractivity contribution in [1.82, 2.24) is 9.55 Å². The fourth-order valence-corrected chi connectivity index (χ4v) is 2.16. The third-order valence-electron chi connectivity index (χ3n) is 3.11. The van der Waals surface area contributed by atoms with E-state index in [1.165, 1.54) is 0 Å². The molecule has 2 rings (SSSR count). The zero-order valence-electron chi connectivity index (χ0n) is 11.5. The molecule has 1 atom stereocenters. The fourth-order valence-electron chi connectivity index (χ4n) is 2.16. The Bertz CT molecular complexity index is 548. The number of hydrogen-bond donors (Lipinski definition) is 0. The van der Waals surface area contributed by atoms with E-state index in [1.807, 2.05) is 35.9 Å². The highest BCUT2D eigenvalue weighted by atomic mass is 16.5. The van der Waals surface area contributed by atoms with Crippen LogP contribution in [0.3, 0.4) is 0 Å². The maximum atomic E-state index is 11.7. The number of nitrogens with zero attached hydrogens (tertiary/aromatic N) is 2. The van der Waals surface area contributed by atoms with Gasteiger partial charge in [0.1, 0.15) is 5.65 Å². The number of carbonyl (C=O) groups is 1. The Labute approximate surface area is 113 Å². The smallest absolute Gasteiger partial charge is 0.307 e. The number of fused-ring (bicyclic) bond motifs is 1. The molecule has 0 aromatic carbocycles. The standard InChI is InChI=1S/C15H20N2O2/c1-3-5-12(2)19-14(18)8-11-17-10-7-13-6-4-9-16-15(13)17/h4,6-7,9-10,12H,3,5,8,11H2,1-2H3. The first-order valence-corrected chi connectivity index (χ1v) is 6.80. The second-order valence-electron chi connectivity index (χ2n) is 4.76. The number of ether oxygens (including phenoxy) is 1. The first kappa shape index (κ1) is 13.6. The molecule has 2 aromatic heterocycles. The van der Waals surface area contributed by atoms with Crippen molar-refractivity contribution in [3.8, 4) is 0 Å². The number of pyridine rings is 1. The molecule has 0 radical (unpaired) electrons. The molecule has 0 amide bonds. The Balaban J connectivity index is 1.90. The van der Waals surface area contributed by atoms with Gasteiger partial charge in [-0.05, 0) is 31.5 Å². The predicted octanol–water partition coefficient (Wildman–Crippen LogP) is 3.16. The van der Waals surface area contributed by atoms with Gasteiger partial charge in [-0.15, -0.1) is 0 Å². The van der Waals surface area contributed by atoms with Crippen molar-refractivity contribution in [1.29, 1.82) is 0 Å². The number of aryl methyl sites for hydroxylation is 1. The molecule has 0 aliphatic heterocycles. The lowest BCUT2D eigenvalue weighted by molar-refractivity contribution is -0.148. The van der Waals surface area contributed by atoms with Crippen molar-refractivity contribution in [2.45, 2.75) is 45.8 Å². The molecule has 0 N–H and O–H groups in total. The summed E-state index contributed by atoms with van der Waals surface area (Å²) >= 11 is 0. The van der Waals surface area contributed by atoms with Gasteiger partial charge in [-0.3, -0.25) is 4.79 Å². The minimum absolute atomic E-state index is 0.0111. The molecule has 0 aliphatic rings. The SMILES string of the molecule is CCCC(C)OC(=O)CCn1ccc2cccnc21. The molecule has 0 saturated heterocycles. The van der Waals surface area contributed by atoms with Crippen LogP contribution in [0.2, 0.25) is 0 Å². The molecule has 2 heterocycles. The summed E-state index contributed by atoms with van der Waals surface area (Å²) < 4.78 is 7.32. The Hall–Kier alpha value is -1.84. The Morgan fingerprint density at radius 1 is 1.47 bits per heavy atom. The first-order chi connectivity index (χ1) is 9.20. The van der Waals surface area contributed by atoms with Crippen LogP contribution in [0.25, 0.3) is 11.0 Å². The molecular formula is C15H20N2O2. The quantitative estimate of drug-likeness (QED) is 0.749. The van der Waals surface area contributed by atoms with Gasteiger partial charge in [-0.1, -0.05) is 13.3 Å². The van der Waals surface area contributed by atoms with Crippen molar-refractivity contribution in [2.24, 2.45) is 0 Å². The van der Waals surface area contributed by atoms with Gasteiger partial charge in [-0.2, -0.15) is 0 Å². The van der Waals surface area contributed by atoms with Gasteiger partial charge in [0.15, 0.2) is 0 Å². The Morgan fingerprint density at radius 3 is 3.11 bits per heavy atom. The normalized spacial score (nSPS) is 12.5. The lowest BCUT2D eigenvalue weighted by atomic mass is 10.2. The molecule has 19 heavy (non-hydrogen) atoms. The zero-order valence-corrected chi connectivity index (χ0v) is 11.5. The zero-order chi connectivity index (χ0) is 13.7. The average Bonchev–Trinajstić information content (AvgIpc) is 2.80. The van der Waals surface area contributed by atoms with Crippen LogP contribution in [-0.4, -0.2) is 21.6 Å². The topological polar surface area (TPSA) is 44.1 Å².